The topological polar surface area (TPSA) is 36.4 Å². The first-order valence-corrected chi connectivity index (χ1v) is 17.4. The molecule has 8 rings (SSSR count). The van der Waals surface area contributed by atoms with E-state index in [0.29, 0.717) is 11.8 Å². The Balaban J connectivity index is 1.17. The summed E-state index contributed by atoms with van der Waals surface area (Å²) in [5.41, 5.74) is 1.98. The van der Waals surface area contributed by atoms with Crippen molar-refractivity contribution in [3.05, 3.63) is 133 Å². The fourth-order valence-electron chi connectivity index (χ4n) is 7.92. The molecule has 4 aromatic carbocycles. The van der Waals surface area contributed by atoms with Gasteiger partial charge in [-0.15, -0.1) is 0 Å². The predicted octanol–water partition coefficient (Wildman–Crippen LogP) is 5.54. The highest BCUT2D eigenvalue weighted by Crippen LogP contribution is 2.43. The molecule has 0 aliphatic carbocycles. The number of para-hydroxylation sites is 1. The Bertz CT molecular complexity index is 1490. The average molecular weight is 555 g/mol. The van der Waals surface area contributed by atoms with Crippen molar-refractivity contribution in [2.24, 2.45) is 11.8 Å². The van der Waals surface area contributed by atoms with Crippen molar-refractivity contribution in [3.8, 4) is 0 Å². The molecule has 1 aromatic heterocycles. The van der Waals surface area contributed by atoms with E-state index in [-0.39, 0.29) is 6.04 Å². The molecular weight excluding hydrogens is 517 g/mol. The summed E-state index contributed by atoms with van der Waals surface area (Å²) in [6, 6.07) is 45.5. The van der Waals surface area contributed by atoms with E-state index in [1.165, 1.54) is 34.4 Å². The van der Waals surface area contributed by atoms with Crippen molar-refractivity contribution in [1.29, 1.82) is 0 Å². The van der Waals surface area contributed by atoms with Gasteiger partial charge in [-0.3, -0.25) is 9.88 Å². The van der Waals surface area contributed by atoms with Gasteiger partial charge in [-0.1, -0.05) is 116 Å². The first-order valence-electron chi connectivity index (χ1n) is 15.2. The van der Waals surface area contributed by atoms with E-state index in [1.807, 2.05) is 30.5 Å². The van der Waals surface area contributed by atoms with Crippen molar-refractivity contribution in [3.63, 3.8) is 0 Å². The monoisotopic (exact) mass is 554 g/mol. The Kier molecular flexibility index (Phi) is 7.30. The maximum Gasteiger partial charge on any atom is 0.148 e. The van der Waals surface area contributed by atoms with E-state index in [9.17, 15) is 5.11 Å². The van der Waals surface area contributed by atoms with Gasteiger partial charge >= 0.3 is 0 Å². The Labute approximate surface area is 244 Å². The zero-order valence-corrected chi connectivity index (χ0v) is 24.5. The summed E-state index contributed by atoms with van der Waals surface area (Å²) < 4.78 is 0. The standard InChI is InChI=1S/C37H38N2OSi/c40-37(34-20-23-38-35-19-11-10-18-33(34)35)36-26-28-21-24-39(36)27-29(28)22-25-41(30-12-4-1-5-13-30,31-14-6-2-7-15-31)32-16-8-3-9-17-32/h1-20,23,28-29,36-37,40H,21-22,24-27H2/t28?,29?,36?,37-/m0/s1. The first-order chi connectivity index (χ1) is 20.2. The van der Waals surface area contributed by atoms with Crippen molar-refractivity contribution in [1.82, 2.24) is 9.88 Å². The van der Waals surface area contributed by atoms with Crippen LogP contribution in [0.15, 0.2) is 128 Å². The third kappa shape index (κ3) is 4.84. The minimum atomic E-state index is -2.23. The lowest BCUT2D eigenvalue weighted by molar-refractivity contribution is -0.0562. The first kappa shape index (κ1) is 26.3. The van der Waals surface area contributed by atoms with Crippen LogP contribution in [0.4, 0.5) is 0 Å². The molecule has 41 heavy (non-hydrogen) atoms. The molecule has 5 aromatic rings. The maximum absolute atomic E-state index is 11.7. The van der Waals surface area contributed by atoms with Gasteiger partial charge in [0.05, 0.1) is 11.6 Å². The molecule has 3 aliphatic heterocycles. The lowest BCUT2D eigenvalue weighted by Crippen LogP contribution is -2.67. The number of hydrogen-bond donors (Lipinski definition) is 1. The van der Waals surface area contributed by atoms with Crippen LogP contribution in [0.1, 0.15) is 30.9 Å². The lowest BCUT2D eigenvalue weighted by atomic mass is 9.72. The fourth-order valence-corrected chi connectivity index (χ4v) is 12.9. The van der Waals surface area contributed by atoms with Crippen molar-refractivity contribution < 1.29 is 5.11 Å². The van der Waals surface area contributed by atoms with E-state index in [4.69, 9.17) is 0 Å². The molecule has 4 unspecified atom stereocenters. The van der Waals surface area contributed by atoms with Crippen LogP contribution < -0.4 is 15.6 Å². The van der Waals surface area contributed by atoms with Crippen LogP contribution in [0.25, 0.3) is 10.9 Å². The summed E-state index contributed by atoms with van der Waals surface area (Å²) in [7, 11) is -2.23. The molecule has 3 saturated heterocycles. The van der Waals surface area contributed by atoms with Crippen LogP contribution in [0.2, 0.25) is 6.04 Å². The number of rotatable bonds is 8. The molecule has 4 heteroatoms. The van der Waals surface area contributed by atoms with Gasteiger partial charge in [0.25, 0.3) is 0 Å². The van der Waals surface area contributed by atoms with E-state index < -0.39 is 14.2 Å². The van der Waals surface area contributed by atoms with Crippen LogP contribution in [-0.4, -0.2) is 42.2 Å². The number of fused-ring (bicyclic) bond motifs is 4. The van der Waals surface area contributed by atoms with Crippen molar-refractivity contribution >= 4 is 34.5 Å². The second-order valence-electron chi connectivity index (χ2n) is 12.0. The molecule has 3 fully saturated rings. The summed E-state index contributed by atoms with van der Waals surface area (Å²) in [5.74, 6) is 1.31. The Morgan fingerprint density at radius 2 is 1.34 bits per heavy atom. The summed E-state index contributed by atoms with van der Waals surface area (Å²) >= 11 is 0. The number of aromatic nitrogens is 1. The molecule has 1 N–H and O–H groups in total. The predicted molar refractivity (Wildman–Crippen MR) is 172 cm³/mol. The number of aliphatic hydroxyl groups is 1. The fraction of sp³-hybridized carbons (Fsp3) is 0.270. The number of benzene rings is 4. The summed E-state index contributed by atoms with van der Waals surface area (Å²) in [6.45, 7) is 2.17. The molecule has 0 spiro atoms. The van der Waals surface area contributed by atoms with Crippen LogP contribution in [0.5, 0.6) is 0 Å². The molecule has 0 saturated carbocycles. The third-order valence-corrected chi connectivity index (χ3v) is 15.0. The van der Waals surface area contributed by atoms with E-state index in [0.717, 1.165) is 36.0 Å². The Morgan fingerprint density at radius 3 is 1.93 bits per heavy atom. The van der Waals surface area contributed by atoms with Crippen LogP contribution >= 0.6 is 0 Å². The van der Waals surface area contributed by atoms with Gasteiger partial charge in [0.15, 0.2) is 0 Å². The molecular formula is C37H38N2OSi. The van der Waals surface area contributed by atoms with E-state index >= 15 is 0 Å². The largest absolute Gasteiger partial charge is 0.387 e. The van der Waals surface area contributed by atoms with Crippen molar-refractivity contribution in [2.75, 3.05) is 13.1 Å². The normalized spacial score (nSPS) is 23.0. The SMILES string of the molecule is O[C@@H](c1ccnc2ccccc12)C1CC2CCN1CC2CC[Si](c1ccccc1)(c1ccccc1)c1ccccc1. The summed E-state index contributed by atoms with van der Waals surface area (Å²) in [5, 5.41) is 17.3. The van der Waals surface area contributed by atoms with Gasteiger partial charge in [-0.2, -0.15) is 0 Å². The third-order valence-electron chi connectivity index (χ3n) is 9.99. The highest BCUT2D eigenvalue weighted by molar-refractivity contribution is 7.11. The maximum atomic E-state index is 11.7. The number of piperidine rings is 3. The molecule has 4 heterocycles. The van der Waals surface area contributed by atoms with Gasteiger partial charge in [0, 0.05) is 24.2 Å². The molecule has 3 aliphatic rings. The molecule has 3 nitrogen and oxygen atoms in total. The van der Waals surface area contributed by atoms with Crippen LogP contribution in [-0.2, 0) is 0 Å². The number of aliphatic hydroxyl groups excluding tert-OH is 1. The lowest BCUT2D eigenvalue weighted by Gasteiger charge is -2.52. The van der Waals surface area contributed by atoms with Gasteiger partial charge < -0.3 is 5.11 Å². The molecule has 0 amide bonds. The van der Waals surface area contributed by atoms with E-state index in [2.05, 4.69) is 107 Å². The van der Waals surface area contributed by atoms with Gasteiger partial charge in [-0.05, 0) is 70.5 Å². The smallest absolute Gasteiger partial charge is 0.148 e. The number of nitrogens with zero attached hydrogens (tertiary/aromatic N) is 2. The highest BCUT2D eigenvalue weighted by atomic mass is 28.3. The molecule has 206 valence electrons. The molecule has 2 bridgehead atoms. The van der Waals surface area contributed by atoms with Gasteiger partial charge in [-0.25, -0.2) is 0 Å². The Morgan fingerprint density at radius 1 is 0.756 bits per heavy atom. The second kappa shape index (κ2) is 11.4. The zero-order chi connectivity index (χ0) is 27.6. The average Bonchev–Trinajstić information content (AvgIpc) is 3.06. The van der Waals surface area contributed by atoms with E-state index in [1.54, 1.807) is 0 Å². The zero-order valence-electron chi connectivity index (χ0n) is 23.5. The van der Waals surface area contributed by atoms with Gasteiger partial charge in [0.1, 0.15) is 8.07 Å². The quantitative estimate of drug-likeness (QED) is 0.202. The number of pyridine rings is 1. The van der Waals surface area contributed by atoms with Crippen molar-refractivity contribution in [2.45, 2.75) is 37.5 Å². The Hall–Kier alpha value is -3.57. The minimum absolute atomic E-state index is 0.176. The number of hydrogen-bond acceptors (Lipinski definition) is 3. The van der Waals surface area contributed by atoms with Crippen LogP contribution in [0.3, 0.4) is 0 Å². The highest BCUT2D eigenvalue weighted by Gasteiger charge is 2.45. The molecule has 5 atom stereocenters. The molecule has 0 radical (unpaired) electrons. The van der Waals surface area contributed by atoms with Crippen LogP contribution in [0, 0.1) is 11.8 Å². The summed E-state index contributed by atoms with van der Waals surface area (Å²) in [4.78, 5) is 7.13. The second-order valence-corrected chi connectivity index (χ2v) is 16.1. The van der Waals surface area contributed by atoms with Gasteiger partial charge in [0.2, 0.25) is 0 Å². The minimum Gasteiger partial charge on any atom is -0.387 e. The summed E-state index contributed by atoms with van der Waals surface area (Å²) in [6.07, 6.45) is 4.88.